The van der Waals surface area contributed by atoms with Gasteiger partial charge in [-0.3, -0.25) is 0 Å². The Morgan fingerprint density at radius 1 is 1.56 bits per heavy atom. The molecule has 2 aliphatic carbocycles. The second-order valence-electron chi connectivity index (χ2n) is 5.46. The number of esters is 1. The molecule has 3 nitrogen and oxygen atoms in total. The van der Waals surface area contributed by atoms with Gasteiger partial charge in [0.15, 0.2) is 0 Å². The lowest BCUT2D eigenvalue weighted by molar-refractivity contribution is -0.161. The fourth-order valence-corrected chi connectivity index (χ4v) is 3.61. The predicted octanol–water partition coefficient (Wildman–Crippen LogP) is 2.06. The molecule has 0 spiro atoms. The molecule has 2 bridgehead atoms. The van der Waals surface area contributed by atoms with Crippen molar-refractivity contribution in [1.29, 1.82) is 0 Å². The third-order valence-electron chi connectivity index (χ3n) is 4.51. The minimum Gasteiger partial charge on any atom is -0.455 e. The van der Waals surface area contributed by atoms with Crippen molar-refractivity contribution >= 4 is 5.97 Å². The van der Waals surface area contributed by atoms with Crippen molar-refractivity contribution in [3.8, 4) is 0 Å². The van der Waals surface area contributed by atoms with Gasteiger partial charge in [-0.15, -0.1) is 0 Å². The van der Waals surface area contributed by atoms with Gasteiger partial charge in [-0.25, -0.2) is 4.79 Å². The number of rotatable bonds is 3. The van der Waals surface area contributed by atoms with Gasteiger partial charge in [-0.2, -0.15) is 0 Å². The molecule has 1 heterocycles. The maximum atomic E-state index is 11.7. The molecule has 1 saturated heterocycles. The van der Waals surface area contributed by atoms with Crippen molar-refractivity contribution in [3.63, 3.8) is 0 Å². The molecule has 0 aromatic rings. The summed E-state index contributed by atoms with van der Waals surface area (Å²) in [5.41, 5.74) is 0.224. The first-order chi connectivity index (χ1) is 7.57. The highest BCUT2D eigenvalue weighted by Gasteiger charge is 2.69. The molecule has 1 aliphatic heterocycles. The smallest absolute Gasteiger partial charge is 0.333 e. The van der Waals surface area contributed by atoms with E-state index in [2.05, 4.69) is 13.5 Å². The third-order valence-corrected chi connectivity index (χ3v) is 4.51. The standard InChI is InChI=1S/C13H18O3/c1-4-13(16-12(14)7(2)3)6-8-5-9(13)11-10(8)15-11/h8-11H,2,4-6H2,1,3H3. The molecule has 5 unspecified atom stereocenters. The van der Waals surface area contributed by atoms with E-state index >= 15 is 0 Å². The van der Waals surface area contributed by atoms with Crippen LogP contribution < -0.4 is 0 Å². The zero-order chi connectivity index (χ0) is 11.5. The van der Waals surface area contributed by atoms with Crippen LogP contribution in [0.3, 0.4) is 0 Å². The minimum absolute atomic E-state index is 0.244. The first-order valence-corrected chi connectivity index (χ1v) is 6.11. The van der Waals surface area contributed by atoms with Crippen LogP contribution in [0.4, 0.5) is 0 Å². The summed E-state index contributed by atoms with van der Waals surface area (Å²) in [6.07, 6.45) is 3.89. The lowest BCUT2D eigenvalue weighted by Gasteiger charge is -2.35. The lowest BCUT2D eigenvalue weighted by Crippen LogP contribution is -2.42. The fraction of sp³-hybridized carbons (Fsp3) is 0.769. The molecule has 3 rings (SSSR count). The minimum atomic E-state index is -0.266. The molecule has 0 aromatic carbocycles. The average Bonchev–Trinajstić information content (AvgIpc) is 2.88. The summed E-state index contributed by atoms with van der Waals surface area (Å²) < 4.78 is 11.3. The molecule has 2 saturated carbocycles. The highest BCUT2D eigenvalue weighted by Crippen LogP contribution is 2.62. The zero-order valence-corrected chi connectivity index (χ0v) is 9.86. The highest BCUT2D eigenvalue weighted by molar-refractivity contribution is 5.87. The first kappa shape index (κ1) is 10.3. The summed E-state index contributed by atoms with van der Waals surface area (Å²) in [5, 5.41) is 0. The fourth-order valence-electron chi connectivity index (χ4n) is 3.61. The SMILES string of the molecule is C=C(C)C(=O)OC1(CC)CC2CC1C1OC21. The number of carbonyl (C=O) groups is 1. The lowest BCUT2D eigenvalue weighted by atomic mass is 9.82. The van der Waals surface area contributed by atoms with E-state index in [9.17, 15) is 4.79 Å². The average molecular weight is 222 g/mol. The van der Waals surface area contributed by atoms with Gasteiger partial charge in [0.1, 0.15) is 5.60 Å². The Labute approximate surface area is 95.8 Å². The van der Waals surface area contributed by atoms with E-state index in [0.29, 0.717) is 29.6 Å². The summed E-state index contributed by atoms with van der Waals surface area (Å²) in [5.74, 6) is 0.801. The summed E-state index contributed by atoms with van der Waals surface area (Å²) in [4.78, 5) is 11.7. The van der Waals surface area contributed by atoms with E-state index in [0.717, 1.165) is 12.8 Å². The normalized spacial score (nSPS) is 47.6. The molecule has 0 radical (unpaired) electrons. The van der Waals surface area contributed by atoms with Crippen molar-refractivity contribution in [2.75, 3.05) is 0 Å². The molecule has 88 valence electrons. The number of epoxide rings is 1. The van der Waals surface area contributed by atoms with Crippen molar-refractivity contribution in [2.24, 2.45) is 11.8 Å². The molecule has 5 atom stereocenters. The van der Waals surface area contributed by atoms with Gasteiger partial charge < -0.3 is 9.47 Å². The number of hydrogen-bond donors (Lipinski definition) is 0. The molecule has 16 heavy (non-hydrogen) atoms. The van der Waals surface area contributed by atoms with Crippen LogP contribution in [0, 0.1) is 11.8 Å². The van der Waals surface area contributed by atoms with Gasteiger partial charge in [-0.1, -0.05) is 13.5 Å². The summed E-state index contributed by atoms with van der Waals surface area (Å²) in [7, 11) is 0. The second-order valence-corrected chi connectivity index (χ2v) is 5.46. The molecule has 3 aliphatic rings. The van der Waals surface area contributed by atoms with Crippen LogP contribution in [0.2, 0.25) is 0 Å². The first-order valence-electron chi connectivity index (χ1n) is 6.11. The van der Waals surface area contributed by atoms with E-state index in [1.165, 1.54) is 6.42 Å². The predicted molar refractivity (Wildman–Crippen MR) is 58.8 cm³/mol. The topological polar surface area (TPSA) is 38.8 Å². The maximum absolute atomic E-state index is 11.7. The van der Waals surface area contributed by atoms with Crippen LogP contribution in [0.25, 0.3) is 0 Å². The Kier molecular flexibility index (Phi) is 2.00. The number of fused-ring (bicyclic) bond motifs is 5. The van der Waals surface area contributed by atoms with Gasteiger partial charge in [0.2, 0.25) is 0 Å². The van der Waals surface area contributed by atoms with Crippen LogP contribution in [0.5, 0.6) is 0 Å². The van der Waals surface area contributed by atoms with Crippen molar-refractivity contribution in [1.82, 2.24) is 0 Å². The van der Waals surface area contributed by atoms with E-state index in [1.54, 1.807) is 6.92 Å². The Morgan fingerprint density at radius 2 is 2.31 bits per heavy atom. The summed E-state index contributed by atoms with van der Waals surface area (Å²) in [6.45, 7) is 7.45. The van der Waals surface area contributed by atoms with Crippen molar-refractivity contribution < 1.29 is 14.3 Å². The van der Waals surface area contributed by atoms with Gasteiger partial charge in [0.25, 0.3) is 0 Å². The largest absolute Gasteiger partial charge is 0.455 e. The van der Waals surface area contributed by atoms with Crippen LogP contribution >= 0.6 is 0 Å². The van der Waals surface area contributed by atoms with Crippen LogP contribution in [-0.2, 0) is 14.3 Å². The molecule has 0 amide bonds. The maximum Gasteiger partial charge on any atom is 0.333 e. The Morgan fingerprint density at radius 3 is 2.81 bits per heavy atom. The monoisotopic (exact) mass is 222 g/mol. The third kappa shape index (κ3) is 1.21. The number of carbonyl (C=O) groups excluding carboxylic acids is 1. The molecule has 3 heteroatoms. The molecule has 0 aromatic heterocycles. The molecular weight excluding hydrogens is 204 g/mol. The van der Waals surface area contributed by atoms with Gasteiger partial charge in [-0.05, 0) is 32.1 Å². The van der Waals surface area contributed by atoms with Crippen molar-refractivity contribution in [2.45, 2.75) is 50.9 Å². The van der Waals surface area contributed by atoms with E-state index in [-0.39, 0.29) is 11.6 Å². The quantitative estimate of drug-likeness (QED) is 0.417. The Hall–Kier alpha value is -0.830. The van der Waals surface area contributed by atoms with Crippen LogP contribution in [0.1, 0.15) is 33.1 Å². The van der Waals surface area contributed by atoms with Crippen LogP contribution in [-0.4, -0.2) is 23.8 Å². The Bertz CT molecular complexity index is 362. The summed E-state index contributed by atoms with van der Waals surface area (Å²) >= 11 is 0. The van der Waals surface area contributed by atoms with E-state index in [4.69, 9.17) is 9.47 Å². The summed E-state index contributed by atoms with van der Waals surface area (Å²) in [6, 6.07) is 0. The number of hydrogen-bond acceptors (Lipinski definition) is 3. The molecular formula is C13H18O3. The molecule has 3 fully saturated rings. The van der Waals surface area contributed by atoms with Gasteiger partial charge in [0, 0.05) is 11.5 Å². The second kappa shape index (κ2) is 3.10. The van der Waals surface area contributed by atoms with Gasteiger partial charge in [0.05, 0.1) is 12.2 Å². The van der Waals surface area contributed by atoms with E-state index in [1.807, 2.05) is 0 Å². The Balaban J connectivity index is 1.80. The van der Waals surface area contributed by atoms with Gasteiger partial charge >= 0.3 is 5.97 Å². The zero-order valence-electron chi connectivity index (χ0n) is 9.86. The highest BCUT2D eigenvalue weighted by atomic mass is 16.6. The van der Waals surface area contributed by atoms with E-state index < -0.39 is 0 Å². The molecule has 0 N–H and O–H groups in total. The van der Waals surface area contributed by atoms with Crippen molar-refractivity contribution in [3.05, 3.63) is 12.2 Å². The van der Waals surface area contributed by atoms with Crippen LogP contribution in [0.15, 0.2) is 12.2 Å². The number of ether oxygens (including phenoxy) is 2.